The number of hydrogen-bond donors (Lipinski definition) is 0. The number of carbonyl (C=O) groups excluding carboxylic acids is 1. The zero-order chi connectivity index (χ0) is 12.5. The van der Waals surface area contributed by atoms with E-state index in [4.69, 9.17) is 4.74 Å². The lowest BCUT2D eigenvalue weighted by atomic mass is 10.00. The number of carbonyl (C=O) groups is 1. The second kappa shape index (κ2) is 5.02. The lowest BCUT2D eigenvalue weighted by Crippen LogP contribution is -2.32. The Morgan fingerprint density at radius 2 is 2.11 bits per heavy atom. The smallest absolute Gasteiger partial charge is 0.254 e. The fourth-order valence-corrected chi connectivity index (χ4v) is 3.23. The number of halogens is 1. The van der Waals surface area contributed by atoms with E-state index in [1.165, 1.54) is 0 Å². The monoisotopic (exact) mass is 309 g/mol. The summed E-state index contributed by atoms with van der Waals surface area (Å²) in [5, 5.41) is 0. The maximum atomic E-state index is 12.3. The molecule has 4 heteroatoms. The number of benzene rings is 1. The van der Waals surface area contributed by atoms with Crippen LogP contribution in [0.2, 0.25) is 0 Å². The third-order valence-electron chi connectivity index (χ3n) is 3.80. The van der Waals surface area contributed by atoms with Crippen molar-refractivity contribution >= 4 is 21.8 Å². The van der Waals surface area contributed by atoms with E-state index in [2.05, 4.69) is 15.9 Å². The molecular formula is C14H16BrNO2. The summed E-state index contributed by atoms with van der Waals surface area (Å²) in [4.78, 5) is 14.3. The quantitative estimate of drug-likeness (QED) is 0.841. The number of fused-ring (bicyclic) bond motifs is 1. The molecule has 2 aliphatic rings. The maximum absolute atomic E-state index is 12.3. The van der Waals surface area contributed by atoms with E-state index in [-0.39, 0.29) is 5.91 Å². The molecule has 0 aliphatic carbocycles. The van der Waals surface area contributed by atoms with Gasteiger partial charge in [-0.15, -0.1) is 0 Å². The molecule has 1 amide bonds. The Hall–Kier alpha value is -0.870. The summed E-state index contributed by atoms with van der Waals surface area (Å²) in [6.45, 7) is 3.28. The number of nitrogens with zero attached hydrogens (tertiary/aromatic N) is 1. The Labute approximate surface area is 115 Å². The van der Waals surface area contributed by atoms with Gasteiger partial charge in [-0.1, -0.05) is 22.0 Å². The first kappa shape index (κ1) is 12.2. The highest BCUT2D eigenvalue weighted by atomic mass is 79.9. The van der Waals surface area contributed by atoms with Crippen molar-refractivity contribution in [1.82, 2.24) is 4.90 Å². The van der Waals surface area contributed by atoms with Gasteiger partial charge < -0.3 is 9.64 Å². The lowest BCUT2D eigenvalue weighted by Gasteiger charge is -2.26. The molecule has 1 aromatic rings. The second-order valence-electron chi connectivity index (χ2n) is 5.01. The SMILES string of the molecule is O=C1c2cccc(Br)c2CN1CC1CCOCC1. The van der Waals surface area contributed by atoms with E-state index in [0.29, 0.717) is 5.92 Å². The van der Waals surface area contributed by atoms with Crippen LogP contribution in [0.25, 0.3) is 0 Å². The van der Waals surface area contributed by atoms with E-state index >= 15 is 0 Å². The van der Waals surface area contributed by atoms with Crippen LogP contribution in [-0.4, -0.2) is 30.6 Å². The Bertz CT molecular complexity index is 469. The molecule has 0 bridgehead atoms. The van der Waals surface area contributed by atoms with Crippen LogP contribution in [0.5, 0.6) is 0 Å². The van der Waals surface area contributed by atoms with Crippen molar-refractivity contribution in [2.45, 2.75) is 19.4 Å². The molecule has 3 rings (SSSR count). The van der Waals surface area contributed by atoms with Gasteiger partial charge in [0.25, 0.3) is 5.91 Å². The molecule has 1 saturated heterocycles. The van der Waals surface area contributed by atoms with Gasteiger partial charge in [-0.25, -0.2) is 0 Å². The topological polar surface area (TPSA) is 29.5 Å². The van der Waals surface area contributed by atoms with Gasteiger partial charge in [0.1, 0.15) is 0 Å². The zero-order valence-electron chi connectivity index (χ0n) is 10.2. The molecule has 0 saturated carbocycles. The van der Waals surface area contributed by atoms with Crippen molar-refractivity contribution in [3.63, 3.8) is 0 Å². The van der Waals surface area contributed by atoms with Gasteiger partial charge in [-0.05, 0) is 36.5 Å². The molecule has 2 aliphatic heterocycles. The summed E-state index contributed by atoms with van der Waals surface area (Å²) in [6, 6.07) is 5.86. The third kappa shape index (κ3) is 2.19. The third-order valence-corrected chi connectivity index (χ3v) is 4.55. The van der Waals surface area contributed by atoms with Gasteiger partial charge in [0.15, 0.2) is 0 Å². The van der Waals surface area contributed by atoms with Crippen molar-refractivity contribution in [3.05, 3.63) is 33.8 Å². The summed E-state index contributed by atoms with van der Waals surface area (Å²) in [5.41, 5.74) is 1.99. The van der Waals surface area contributed by atoms with Gasteiger partial charge >= 0.3 is 0 Å². The van der Waals surface area contributed by atoms with Crippen LogP contribution >= 0.6 is 15.9 Å². The predicted molar refractivity (Wildman–Crippen MR) is 72.4 cm³/mol. The lowest BCUT2D eigenvalue weighted by molar-refractivity contribution is 0.0469. The molecular weight excluding hydrogens is 294 g/mol. The molecule has 0 unspecified atom stereocenters. The second-order valence-corrected chi connectivity index (χ2v) is 5.86. The Morgan fingerprint density at radius 1 is 1.33 bits per heavy atom. The highest BCUT2D eigenvalue weighted by molar-refractivity contribution is 9.10. The van der Waals surface area contributed by atoms with Crippen LogP contribution in [0.4, 0.5) is 0 Å². The van der Waals surface area contributed by atoms with Gasteiger partial charge in [0.2, 0.25) is 0 Å². The zero-order valence-corrected chi connectivity index (χ0v) is 11.8. The van der Waals surface area contributed by atoms with E-state index in [1.54, 1.807) is 0 Å². The fourth-order valence-electron chi connectivity index (χ4n) is 2.74. The predicted octanol–water partition coefficient (Wildman–Crippen LogP) is 2.83. The highest BCUT2D eigenvalue weighted by Crippen LogP contribution is 2.30. The molecule has 0 spiro atoms. The Kier molecular flexibility index (Phi) is 3.39. The first-order valence-electron chi connectivity index (χ1n) is 6.40. The van der Waals surface area contributed by atoms with Crippen LogP contribution in [0, 0.1) is 5.92 Å². The molecule has 96 valence electrons. The largest absolute Gasteiger partial charge is 0.381 e. The molecule has 3 nitrogen and oxygen atoms in total. The van der Waals surface area contributed by atoms with E-state index < -0.39 is 0 Å². The molecule has 2 heterocycles. The maximum Gasteiger partial charge on any atom is 0.254 e. The Balaban J connectivity index is 1.73. The molecule has 0 radical (unpaired) electrons. The first-order chi connectivity index (χ1) is 8.75. The van der Waals surface area contributed by atoms with Crippen LogP contribution < -0.4 is 0 Å². The van der Waals surface area contributed by atoms with Crippen LogP contribution in [0.3, 0.4) is 0 Å². The standard InChI is InChI=1S/C14H16BrNO2/c15-13-3-1-2-11-12(13)9-16(14(11)17)8-10-4-6-18-7-5-10/h1-3,10H,4-9H2. The molecule has 1 aromatic carbocycles. The normalized spacial score (nSPS) is 20.3. The van der Waals surface area contributed by atoms with Crippen molar-refractivity contribution in [3.8, 4) is 0 Å². The molecule has 0 atom stereocenters. The van der Waals surface area contributed by atoms with Crippen LogP contribution in [0.1, 0.15) is 28.8 Å². The van der Waals surface area contributed by atoms with E-state index in [9.17, 15) is 4.79 Å². The van der Waals surface area contributed by atoms with Crippen molar-refractivity contribution < 1.29 is 9.53 Å². The minimum absolute atomic E-state index is 0.179. The first-order valence-corrected chi connectivity index (χ1v) is 7.19. The number of amides is 1. The van der Waals surface area contributed by atoms with Crippen molar-refractivity contribution in [2.75, 3.05) is 19.8 Å². The summed E-state index contributed by atoms with van der Waals surface area (Å²) < 4.78 is 6.41. The summed E-state index contributed by atoms with van der Waals surface area (Å²) >= 11 is 3.53. The van der Waals surface area contributed by atoms with Gasteiger partial charge in [0, 0.05) is 36.3 Å². The Morgan fingerprint density at radius 3 is 2.83 bits per heavy atom. The van der Waals surface area contributed by atoms with Gasteiger partial charge in [-0.3, -0.25) is 4.79 Å². The molecule has 0 N–H and O–H groups in total. The average Bonchev–Trinajstić information content (AvgIpc) is 2.70. The fraction of sp³-hybridized carbons (Fsp3) is 0.500. The van der Waals surface area contributed by atoms with Crippen LogP contribution in [0.15, 0.2) is 22.7 Å². The number of ether oxygens (including phenoxy) is 1. The summed E-state index contributed by atoms with van der Waals surface area (Å²) in [5.74, 6) is 0.772. The van der Waals surface area contributed by atoms with Crippen LogP contribution in [-0.2, 0) is 11.3 Å². The average molecular weight is 310 g/mol. The summed E-state index contributed by atoms with van der Waals surface area (Å²) in [7, 11) is 0. The minimum atomic E-state index is 0.179. The van der Waals surface area contributed by atoms with Crippen molar-refractivity contribution in [2.24, 2.45) is 5.92 Å². The molecule has 18 heavy (non-hydrogen) atoms. The molecule has 1 fully saturated rings. The number of hydrogen-bond acceptors (Lipinski definition) is 2. The summed E-state index contributed by atoms with van der Waals surface area (Å²) in [6.07, 6.45) is 2.14. The van der Waals surface area contributed by atoms with Gasteiger partial charge in [-0.2, -0.15) is 0 Å². The highest BCUT2D eigenvalue weighted by Gasteiger charge is 2.30. The van der Waals surface area contributed by atoms with E-state index in [1.807, 2.05) is 23.1 Å². The van der Waals surface area contributed by atoms with Crippen molar-refractivity contribution in [1.29, 1.82) is 0 Å². The minimum Gasteiger partial charge on any atom is -0.381 e. The number of rotatable bonds is 2. The molecule has 0 aromatic heterocycles. The van der Waals surface area contributed by atoms with E-state index in [0.717, 1.165) is 54.7 Å². The van der Waals surface area contributed by atoms with Gasteiger partial charge in [0.05, 0.1) is 0 Å².